The number of pyridine rings is 2. The maximum Gasteiger partial charge on any atom is 0.306 e. The van der Waals surface area contributed by atoms with Crippen LogP contribution in [0.4, 0.5) is 0 Å². The lowest BCUT2D eigenvalue weighted by Gasteiger charge is -2.10. The minimum Gasteiger partial charge on any atom is -0.383 e. The van der Waals surface area contributed by atoms with Gasteiger partial charge in [-0.05, 0) is 36.4 Å². The molecular formula is C20H16N2O6S3. The molecular weight excluding hydrogens is 460 g/mol. The molecule has 11 heteroatoms. The molecule has 0 aliphatic rings. The van der Waals surface area contributed by atoms with E-state index in [4.69, 9.17) is 8.37 Å². The van der Waals surface area contributed by atoms with Crippen molar-refractivity contribution >= 4 is 53.8 Å². The quantitative estimate of drug-likeness (QED) is 0.385. The highest BCUT2D eigenvalue weighted by Crippen LogP contribution is 2.37. The van der Waals surface area contributed by atoms with Gasteiger partial charge < -0.3 is 8.37 Å². The van der Waals surface area contributed by atoms with Crippen LogP contribution in [-0.2, 0) is 20.2 Å². The third-order valence-electron chi connectivity index (χ3n) is 4.06. The standard InChI is InChI=1S/C20H16N2O6S3/c1-30(23,24)27-13-3-5-15-17(11-13)21-9-7-19(15)29-20-8-10-22-18-12-14(4-6-16(18)20)28-31(2,25)26/h3-12H,1-2H3. The second-order valence-corrected chi connectivity index (χ2v) is 10.9. The molecule has 0 saturated heterocycles. The largest absolute Gasteiger partial charge is 0.383 e. The van der Waals surface area contributed by atoms with Gasteiger partial charge in [0.2, 0.25) is 0 Å². The Morgan fingerprint density at radius 3 is 1.48 bits per heavy atom. The van der Waals surface area contributed by atoms with Gasteiger partial charge in [-0.25, -0.2) is 0 Å². The lowest BCUT2D eigenvalue weighted by atomic mass is 10.2. The summed E-state index contributed by atoms with van der Waals surface area (Å²) in [4.78, 5) is 10.4. The zero-order valence-corrected chi connectivity index (χ0v) is 18.8. The van der Waals surface area contributed by atoms with Gasteiger partial charge in [0.05, 0.1) is 23.5 Å². The van der Waals surface area contributed by atoms with Gasteiger partial charge in [0, 0.05) is 45.1 Å². The van der Waals surface area contributed by atoms with Gasteiger partial charge in [-0.2, -0.15) is 16.8 Å². The van der Waals surface area contributed by atoms with Crippen LogP contribution in [0.5, 0.6) is 11.5 Å². The maximum atomic E-state index is 11.4. The molecule has 0 aliphatic carbocycles. The number of benzene rings is 2. The van der Waals surface area contributed by atoms with Crippen molar-refractivity contribution in [2.24, 2.45) is 0 Å². The molecule has 0 N–H and O–H groups in total. The summed E-state index contributed by atoms with van der Waals surface area (Å²) in [6.45, 7) is 0. The smallest absolute Gasteiger partial charge is 0.306 e. The van der Waals surface area contributed by atoms with E-state index in [1.54, 1.807) is 48.8 Å². The van der Waals surface area contributed by atoms with E-state index in [2.05, 4.69) is 9.97 Å². The molecule has 0 atom stereocenters. The number of rotatable bonds is 6. The minimum atomic E-state index is -3.63. The highest BCUT2D eigenvalue weighted by molar-refractivity contribution is 7.99. The number of hydrogen-bond acceptors (Lipinski definition) is 9. The molecule has 2 aromatic carbocycles. The first kappa shape index (κ1) is 21.3. The van der Waals surface area contributed by atoms with Gasteiger partial charge in [0.15, 0.2) is 0 Å². The van der Waals surface area contributed by atoms with Crippen LogP contribution >= 0.6 is 11.8 Å². The fourth-order valence-electron chi connectivity index (χ4n) is 2.95. The maximum absolute atomic E-state index is 11.4. The van der Waals surface area contributed by atoms with Crippen LogP contribution in [0.15, 0.2) is 70.7 Å². The van der Waals surface area contributed by atoms with E-state index in [1.807, 2.05) is 12.1 Å². The van der Waals surface area contributed by atoms with Crippen LogP contribution in [0.25, 0.3) is 21.8 Å². The Bertz CT molecular complexity index is 1400. The van der Waals surface area contributed by atoms with Crippen LogP contribution < -0.4 is 8.37 Å². The summed E-state index contributed by atoms with van der Waals surface area (Å²) in [5, 5.41) is 1.66. The first-order valence-corrected chi connectivity index (χ1v) is 13.3. The molecule has 0 saturated carbocycles. The average Bonchev–Trinajstić information content (AvgIpc) is 2.65. The van der Waals surface area contributed by atoms with Gasteiger partial charge in [-0.15, -0.1) is 0 Å². The van der Waals surface area contributed by atoms with E-state index >= 15 is 0 Å². The van der Waals surface area contributed by atoms with E-state index in [0.29, 0.717) is 11.0 Å². The lowest BCUT2D eigenvalue weighted by Crippen LogP contribution is -2.05. The third kappa shape index (κ3) is 5.24. The van der Waals surface area contributed by atoms with Crippen molar-refractivity contribution in [2.75, 3.05) is 12.5 Å². The molecule has 0 aliphatic heterocycles. The first-order chi connectivity index (χ1) is 14.6. The van der Waals surface area contributed by atoms with Gasteiger partial charge in [-0.3, -0.25) is 9.97 Å². The Balaban J connectivity index is 1.71. The molecule has 0 bridgehead atoms. The second kappa shape index (κ2) is 7.98. The molecule has 0 fully saturated rings. The van der Waals surface area contributed by atoms with Crippen molar-refractivity contribution in [3.63, 3.8) is 0 Å². The van der Waals surface area contributed by atoms with Gasteiger partial charge >= 0.3 is 20.2 Å². The Morgan fingerprint density at radius 1 is 0.677 bits per heavy atom. The van der Waals surface area contributed by atoms with Crippen molar-refractivity contribution in [3.8, 4) is 11.5 Å². The zero-order chi connectivity index (χ0) is 22.2. The van der Waals surface area contributed by atoms with E-state index in [9.17, 15) is 16.8 Å². The molecule has 4 rings (SSSR count). The summed E-state index contributed by atoms with van der Waals surface area (Å²) >= 11 is 1.49. The fourth-order valence-corrected chi connectivity index (χ4v) is 4.92. The number of fused-ring (bicyclic) bond motifs is 2. The summed E-state index contributed by atoms with van der Waals surface area (Å²) in [7, 11) is -7.26. The normalized spacial score (nSPS) is 12.2. The van der Waals surface area contributed by atoms with E-state index in [-0.39, 0.29) is 11.5 Å². The molecule has 2 heterocycles. The minimum absolute atomic E-state index is 0.192. The van der Waals surface area contributed by atoms with E-state index in [0.717, 1.165) is 33.1 Å². The molecule has 0 spiro atoms. The molecule has 0 unspecified atom stereocenters. The van der Waals surface area contributed by atoms with Gasteiger partial charge in [-0.1, -0.05) is 11.8 Å². The first-order valence-electron chi connectivity index (χ1n) is 8.82. The predicted molar refractivity (Wildman–Crippen MR) is 119 cm³/mol. The summed E-state index contributed by atoms with van der Waals surface area (Å²) < 4.78 is 55.4. The van der Waals surface area contributed by atoms with Gasteiger partial charge in [0.1, 0.15) is 11.5 Å². The molecule has 8 nitrogen and oxygen atoms in total. The summed E-state index contributed by atoms with van der Waals surface area (Å²) in [5.74, 6) is 0.384. The van der Waals surface area contributed by atoms with Crippen molar-refractivity contribution < 1.29 is 25.2 Å². The SMILES string of the molecule is CS(=O)(=O)Oc1ccc2c(Sc3ccnc4cc(OS(C)(=O)=O)ccc34)ccnc2c1. The highest BCUT2D eigenvalue weighted by Gasteiger charge is 2.12. The molecule has 2 aromatic heterocycles. The van der Waals surface area contributed by atoms with Crippen LogP contribution in [0.2, 0.25) is 0 Å². The summed E-state index contributed by atoms with van der Waals surface area (Å²) in [6, 6.07) is 13.5. The summed E-state index contributed by atoms with van der Waals surface area (Å²) in [5.41, 5.74) is 1.18. The van der Waals surface area contributed by atoms with Crippen molar-refractivity contribution in [2.45, 2.75) is 9.79 Å². The molecule has 31 heavy (non-hydrogen) atoms. The second-order valence-electron chi connectivity index (χ2n) is 6.65. The number of nitrogens with zero attached hydrogens (tertiary/aromatic N) is 2. The third-order valence-corrected chi connectivity index (χ3v) is 6.21. The molecule has 4 aromatic rings. The predicted octanol–water partition coefficient (Wildman–Crippen LogP) is 3.61. The summed E-state index contributed by atoms with van der Waals surface area (Å²) in [6.07, 6.45) is 5.24. The van der Waals surface area contributed by atoms with Gasteiger partial charge in [0.25, 0.3) is 0 Å². The Hall–Kier alpha value is -2.89. The van der Waals surface area contributed by atoms with Crippen LogP contribution in [0.3, 0.4) is 0 Å². The van der Waals surface area contributed by atoms with Crippen LogP contribution in [0, 0.1) is 0 Å². The Labute approximate surface area is 183 Å². The lowest BCUT2D eigenvalue weighted by molar-refractivity contribution is 0.491. The van der Waals surface area contributed by atoms with Crippen molar-refractivity contribution in [3.05, 3.63) is 60.9 Å². The van der Waals surface area contributed by atoms with E-state index in [1.165, 1.54) is 11.8 Å². The monoisotopic (exact) mass is 476 g/mol. The molecule has 0 amide bonds. The van der Waals surface area contributed by atoms with Crippen LogP contribution in [-0.4, -0.2) is 39.3 Å². The number of hydrogen-bond donors (Lipinski definition) is 0. The van der Waals surface area contributed by atoms with E-state index < -0.39 is 20.2 Å². The molecule has 0 radical (unpaired) electrons. The average molecular weight is 477 g/mol. The van der Waals surface area contributed by atoms with Crippen molar-refractivity contribution in [1.82, 2.24) is 9.97 Å². The zero-order valence-electron chi connectivity index (χ0n) is 16.3. The Morgan fingerprint density at radius 2 is 1.10 bits per heavy atom. The molecule has 160 valence electrons. The highest BCUT2D eigenvalue weighted by atomic mass is 32.2. The van der Waals surface area contributed by atoms with Crippen molar-refractivity contribution in [1.29, 1.82) is 0 Å². The topological polar surface area (TPSA) is 113 Å². The Kier molecular flexibility index (Phi) is 5.50. The fraction of sp³-hybridized carbons (Fsp3) is 0.100. The van der Waals surface area contributed by atoms with Crippen LogP contribution in [0.1, 0.15) is 0 Å². The number of aromatic nitrogens is 2.